The molecule has 1 aliphatic rings. The van der Waals surface area contributed by atoms with Crippen molar-refractivity contribution < 1.29 is 18.6 Å². The van der Waals surface area contributed by atoms with Crippen LogP contribution in [0, 0.1) is 0 Å². The Morgan fingerprint density at radius 1 is 1.07 bits per heavy atom. The second kappa shape index (κ2) is 7.36. The molecule has 3 heterocycles. The summed E-state index contributed by atoms with van der Waals surface area (Å²) < 4.78 is 17.2. The van der Waals surface area contributed by atoms with Gasteiger partial charge in [0, 0.05) is 12.5 Å². The lowest BCUT2D eigenvalue weighted by molar-refractivity contribution is 0.0909. The van der Waals surface area contributed by atoms with E-state index < -0.39 is 17.7 Å². The molecule has 1 N–H and O–H groups in total. The molecule has 9 heteroatoms. The van der Waals surface area contributed by atoms with E-state index in [1.807, 2.05) is 30.3 Å². The first-order valence-corrected chi connectivity index (χ1v) is 9.30. The Hall–Kier alpha value is -4.14. The van der Waals surface area contributed by atoms with Gasteiger partial charge in [-0.15, -0.1) is 0 Å². The number of hydrogen-bond acceptors (Lipinski definition) is 7. The van der Waals surface area contributed by atoms with E-state index in [4.69, 9.17) is 13.8 Å². The van der Waals surface area contributed by atoms with Gasteiger partial charge in [0.2, 0.25) is 0 Å². The average molecular weight is 404 g/mol. The number of nitrogens with one attached hydrogen (secondary N) is 1. The number of rotatable bonds is 4. The van der Waals surface area contributed by atoms with Crippen molar-refractivity contribution >= 4 is 5.91 Å². The monoisotopic (exact) mass is 404 g/mol. The van der Waals surface area contributed by atoms with E-state index in [2.05, 4.69) is 15.6 Å². The Kier molecular flexibility index (Phi) is 4.40. The molecular formula is C21H16N4O5. The molecule has 0 bridgehead atoms. The molecule has 9 nitrogen and oxygen atoms in total. The van der Waals surface area contributed by atoms with Crippen LogP contribution >= 0.6 is 0 Å². The quantitative estimate of drug-likeness (QED) is 0.555. The Morgan fingerprint density at radius 3 is 2.73 bits per heavy atom. The Labute approximate surface area is 169 Å². The number of carbonyl (C=O) groups is 1. The summed E-state index contributed by atoms with van der Waals surface area (Å²) in [6, 6.07) is 17.6. The first kappa shape index (κ1) is 17.9. The zero-order valence-corrected chi connectivity index (χ0v) is 15.6. The summed E-state index contributed by atoms with van der Waals surface area (Å²) in [6.45, 7) is 0.0729. The van der Waals surface area contributed by atoms with Crippen molar-refractivity contribution in [2.45, 2.75) is 12.5 Å². The number of benzene rings is 2. The highest BCUT2D eigenvalue weighted by molar-refractivity contribution is 5.92. The Bertz CT molecular complexity index is 1260. The van der Waals surface area contributed by atoms with Crippen molar-refractivity contribution in [3.05, 3.63) is 94.1 Å². The molecule has 1 amide bonds. The van der Waals surface area contributed by atoms with Gasteiger partial charge in [0.15, 0.2) is 11.5 Å². The number of hydrogen-bond donors (Lipinski definition) is 1. The normalized spacial score (nSPS) is 14.9. The van der Waals surface area contributed by atoms with Gasteiger partial charge < -0.3 is 14.6 Å². The molecule has 0 radical (unpaired) electrons. The van der Waals surface area contributed by atoms with E-state index in [9.17, 15) is 9.59 Å². The van der Waals surface area contributed by atoms with Crippen molar-refractivity contribution in [1.82, 2.24) is 20.2 Å². The van der Waals surface area contributed by atoms with E-state index in [0.717, 1.165) is 5.56 Å². The lowest BCUT2D eigenvalue weighted by Crippen LogP contribution is -2.34. The summed E-state index contributed by atoms with van der Waals surface area (Å²) in [5.41, 5.74) is 1.67. The van der Waals surface area contributed by atoms with Gasteiger partial charge in [-0.2, -0.15) is 0 Å². The number of aromatic nitrogens is 3. The molecular weight excluding hydrogens is 388 g/mol. The zero-order chi connectivity index (χ0) is 20.5. The average Bonchev–Trinajstić information content (AvgIpc) is 3.35. The van der Waals surface area contributed by atoms with Crippen LogP contribution in [0.1, 0.15) is 33.7 Å². The summed E-state index contributed by atoms with van der Waals surface area (Å²) in [7, 11) is 0. The topological polar surface area (TPSA) is 112 Å². The largest absolute Gasteiger partial charge is 0.489 e. The molecule has 2 aromatic heterocycles. The molecule has 1 aliphatic heterocycles. The van der Waals surface area contributed by atoms with Crippen LogP contribution in [-0.4, -0.2) is 27.4 Å². The SMILES string of the molecule is O=C(N[C@H]1COc2ccccc2-n2c1noc2=O)c1cc(Cc2ccccc2)on1. The molecule has 0 aliphatic carbocycles. The molecule has 5 rings (SSSR count). The number of nitrogens with zero attached hydrogens (tertiary/aromatic N) is 3. The smallest absolute Gasteiger partial charge is 0.446 e. The third-order valence-electron chi connectivity index (χ3n) is 4.77. The van der Waals surface area contributed by atoms with Crippen molar-refractivity contribution in [2.24, 2.45) is 0 Å². The van der Waals surface area contributed by atoms with Crippen molar-refractivity contribution in [2.75, 3.05) is 6.61 Å². The molecule has 30 heavy (non-hydrogen) atoms. The summed E-state index contributed by atoms with van der Waals surface area (Å²) in [6.07, 6.45) is 0.520. The second-order valence-electron chi connectivity index (χ2n) is 6.79. The van der Waals surface area contributed by atoms with Gasteiger partial charge >= 0.3 is 5.76 Å². The van der Waals surface area contributed by atoms with E-state index in [-0.39, 0.29) is 18.1 Å². The third kappa shape index (κ3) is 3.26. The molecule has 0 saturated heterocycles. The molecule has 150 valence electrons. The second-order valence-corrected chi connectivity index (χ2v) is 6.79. The maximum atomic E-state index is 12.7. The van der Waals surface area contributed by atoms with E-state index in [1.54, 1.807) is 30.3 Å². The fourth-order valence-electron chi connectivity index (χ4n) is 3.35. The van der Waals surface area contributed by atoms with E-state index >= 15 is 0 Å². The molecule has 1 atom stereocenters. The van der Waals surface area contributed by atoms with Crippen LogP contribution in [0.2, 0.25) is 0 Å². The first-order valence-electron chi connectivity index (χ1n) is 9.30. The summed E-state index contributed by atoms with van der Waals surface area (Å²) in [4.78, 5) is 24.9. The van der Waals surface area contributed by atoms with Gasteiger partial charge in [-0.05, 0) is 17.7 Å². The van der Waals surface area contributed by atoms with Crippen LogP contribution in [-0.2, 0) is 6.42 Å². The molecule has 0 fully saturated rings. The Balaban J connectivity index is 1.37. The molecule has 2 aromatic carbocycles. The minimum atomic E-state index is -0.717. The van der Waals surface area contributed by atoms with Gasteiger partial charge in [0.25, 0.3) is 5.91 Å². The standard InChI is InChI=1S/C21H16N4O5/c26-20(15-11-14(29-23-15)10-13-6-2-1-3-7-13)22-16-12-28-18-9-5-4-8-17(18)25-19(16)24-30-21(25)27/h1-9,11,16H,10,12H2,(H,22,26)/t16-/m0/s1. The van der Waals surface area contributed by atoms with E-state index in [0.29, 0.717) is 23.6 Å². The van der Waals surface area contributed by atoms with Gasteiger partial charge in [0.1, 0.15) is 24.2 Å². The van der Waals surface area contributed by atoms with E-state index in [1.165, 1.54) is 4.57 Å². The van der Waals surface area contributed by atoms with Crippen LogP contribution in [0.4, 0.5) is 0 Å². The van der Waals surface area contributed by atoms with Gasteiger partial charge in [-0.25, -0.2) is 9.36 Å². The minimum absolute atomic E-state index is 0.0729. The zero-order valence-electron chi connectivity index (χ0n) is 15.6. The van der Waals surface area contributed by atoms with Gasteiger partial charge in [-0.3, -0.25) is 9.32 Å². The van der Waals surface area contributed by atoms with Crippen LogP contribution < -0.4 is 15.8 Å². The molecule has 4 aromatic rings. The summed E-state index contributed by atoms with van der Waals surface area (Å²) in [5, 5.41) is 10.5. The van der Waals surface area contributed by atoms with Crippen LogP contribution in [0.5, 0.6) is 5.75 Å². The van der Waals surface area contributed by atoms with Crippen LogP contribution in [0.3, 0.4) is 0 Å². The molecule has 0 saturated carbocycles. The van der Waals surface area contributed by atoms with Crippen LogP contribution in [0.25, 0.3) is 5.69 Å². The highest BCUT2D eigenvalue weighted by Gasteiger charge is 2.30. The Morgan fingerprint density at radius 2 is 1.87 bits per heavy atom. The molecule has 0 spiro atoms. The highest BCUT2D eigenvalue weighted by Crippen LogP contribution is 2.28. The predicted molar refractivity (Wildman–Crippen MR) is 104 cm³/mol. The fourth-order valence-corrected chi connectivity index (χ4v) is 3.35. The van der Waals surface area contributed by atoms with Gasteiger partial charge in [0.05, 0.1) is 5.69 Å². The van der Waals surface area contributed by atoms with Crippen molar-refractivity contribution in [3.8, 4) is 11.4 Å². The van der Waals surface area contributed by atoms with Gasteiger partial charge in [-0.1, -0.05) is 52.8 Å². The summed E-state index contributed by atoms with van der Waals surface area (Å²) in [5.74, 6) is 0.168. The lowest BCUT2D eigenvalue weighted by atomic mass is 10.1. The maximum absolute atomic E-state index is 12.7. The first-order chi connectivity index (χ1) is 14.7. The number of ether oxygens (including phenoxy) is 1. The number of para-hydroxylation sites is 2. The fraction of sp³-hybridized carbons (Fsp3) is 0.143. The molecule has 0 unspecified atom stereocenters. The van der Waals surface area contributed by atoms with Crippen molar-refractivity contribution in [3.63, 3.8) is 0 Å². The summed E-state index contributed by atoms with van der Waals surface area (Å²) >= 11 is 0. The lowest BCUT2D eigenvalue weighted by Gasteiger charge is -2.13. The number of carbonyl (C=O) groups excluding carboxylic acids is 1. The minimum Gasteiger partial charge on any atom is -0.489 e. The third-order valence-corrected chi connectivity index (χ3v) is 4.77. The van der Waals surface area contributed by atoms with Crippen LogP contribution in [0.15, 0.2) is 74.5 Å². The highest BCUT2D eigenvalue weighted by atomic mass is 16.5. The van der Waals surface area contributed by atoms with Crippen molar-refractivity contribution in [1.29, 1.82) is 0 Å². The number of amides is 1. The predicted octanol–water partition coefficient (Wildman–Crippen LogP) is 2.27. The number of fused-ring (bicyclic) bond motifs is 3. The maximum Gasteiger partial charge on any atom is 0.446 e.